The SMILES string of the molecule is CCCCNCCn1ccc2c(OC(C)C)cccc21. The highest BCUT2D eigenvalue weighted by atomic mass is 16.5. The van der Waals surface area contributed by atoms with Crippen molar-refractivity contribution in [2.75, 3.05) is 13.1 Å². The standard InChI is InChI=1S/C17H26N2O/c1-4-5-10-18-11-13-19-12-9-15-16(19)7-6-8-17(15)20-14(2)3/h6-9,12,14,18H,4-5,10-11,13H2,1-3H3. The van der Waals surface area contributed by atoms with E-state index in [0.29, 0.717) is 0 Å². The van der Waals surface area contributed by atoms with Gasteiger partial charge in [-0.2, -0.15) is 0 Å². The topological polar surface area (TPSA) is 26.2 Å². The Morgan fingerprint density at radius 2 is 2.05 bits per heavy atom. The number of nitrogens with one attached hydrogen (secondary N) is 1. The van der Waals surface area contributed by atoms with Crippen LogP contribution in [0.15, 0.2) is 30.5 Å². The molecule has 0 aliphatic rings. The summed E-state index contributed by atoms with van der Waals surface area (Å²) in [7, 11) is 0. The molecule has 0 atom stereocenters. The predicted molar refractivity (Wildman–Crippen MR) is 85.5 cm³/mol. The summed E-state index contributed by atoms with van der Waals surface area (Å²) in [5, 5.41) is 4.69. The molecular formula is C17H26N2O. The molecule has 0 saturated heterocycles. The third-order valence-electron chi connectivity index (χ3n) is 3.37. The smallest absolute Gasteiger partial charge is 0.129 e. The molecule has 2 aromatic rings. The maximum atomic E-state index is 5.87. The fourth-order valence-electron chi connectivity index (χ4n) is 2.37. The molecule has 1 heterocycles. The van der Waals surface area contributed by atoms with E-state index in [4.69, 9.17) is 4.74 Å². The van der Waals surface area contributed by atoms with E-state index in [0.717, 1.165) is 25.4 Å². The molecule has 110 valence electrons. The van der Waals surface area contributed by atoms with Gasteiger partial charge in [-0.3, -0.25) is 0 Å². The molecule has 0 fully saturated rings. The molecule has 3 nitrogen and oxygen atoms in total. The molecule has 1 N–H and O–H groups in total. The third-order valence-corrected chi connectivity index (χ3v) is 3.37. The van der Waals surface area contributed by atoms with Crippen LogP contribution in [0.4, 0.5) is 0 Å². The van der Waals surface area contributed by atoms with Crippen LogP contribution < -0.4 is 10.1 Å². The van der Waals surface area contributed by atoms with Crippen molar-refractivity contribution >= 4 is 10.9 Å². The number of benzene rings is 1. The number of nitrogens with zero attached hydrogens (tertiary/aromatic N) is 1. The van der Waals surface area contributed by atoms with Crippen molar-refractivity contribution in [1.29, 1.82) is 0 Å². The number of rotatable bonds is 8. The first-order valence-electron chi connectivity index (χ1n) is 7.67. The van der Waals surface area contributed by atoms with Crippen molar-refractivity contribution in [1.82, 2.24) is 9.88 Å². The fraction of sp³-hybridized carbons (Fsp3) is 0.529. The minimum absolute atomic E-state index is 0.208. The zero-order valence-corrected chi connectivity index (χ0v) is 12.9. The monoisotopic (exact) mass is 274 g/mol. The van der Waals surface area contributed by atoms with Crippen molar-refractivity contribution in [2.24, 2.45) is 0 Å². The van der Waals surface area contributed by atoms with E-state index in [-0.39, 0.29) is 6.10 Å². The predicted octanol–water partition coefficient (Wildman–Crippen LogP) is 3.82. The summed E-state index contributed by atoms with van der Waals surface area (Å²) in [6, 6.07) is 8.43. The molecule has 0 bridgehead atoms. The van der Waals surface area contributed by atoms with Gasteiger partial charge in [0, 0.05) is 24.7 Å². The molecule has 1 aromatic carbocycles. The molecule has 0 amide bonds. The molecule has 0 unspecified atom stereocenters. The van der Waals surface area contributed by atoms with Gasteiger partial charge in [0.2, 0.25) is 0 Å². The number of ether oxygens (including phenoxy) is 1. The summed E-state index contributed by atoms with van der Waals surface area (Å²) >= 11 is 0. The number of hydrogen-bond acceptors (Lipinski definition) is 2. The van der Waals surface area contributed by atoms with Gasteiger partial charge in [0.25, 0.3) is 0 Å². The maximum Gasteiger partial charge on any atom is 0.129 e. The quantitative estimate of drug-likeness (QED) is 0.741. The summed E-state index contributed by atoms with van der Waals surface area (Å²) in [5.74, 6) is 0.982. The first-order valence-corrected chi connectivity index (χ1v) is 7.67. The summed E-state index contributed by atoms with van der Waals surface area (Å²) in [4.78, 5) is 0. The zero-order valence-electron chi connectivity index (χ0n) is 12.9. The Labute approximate surface area is 121 Å². The van der Waals surface area contributed by atoms with E-state index in [1.165, 1.54) is 23.7 Å². The van der Waals surface area contributed by atoms with E-state index in [1.807, 2.05) is 6.07 Å². The van der Waals surface area contributed by atoms with Crippen LogP contribution in [0.2, 0.25) is 0 Å². The van der Waals surface area contributed by atoms with Gasteiger partial charge < -0.3 is 14.6 Å². The Balaban J connectivity index is 2.04. The Morgan fingerprint density at radius 3 is 2.80 bits per heavy atom. The Morgan fingerprint density at radius 1 is 1.20 bits per heavy atom. The molecule has 3 heteroatoms. The fourth-order valence-corrected chi connectivity index (χ4v) is 2.37. The van der Waals surface area contributed by atoms with E-state index >= 15 is 0 Å². The van der Waals surface area contributed by atoms with E-state index in [1.54, 1.807) is 0 Å². The average Bonchev–Trinajstić information content (AvgIpc) is 2.82. The highest BCUT2D eigenvalue weighted by Crippen LogP contribution is 2.27. The third kappa shape index (κ3) is 3.76. The van der Waals surface area contributed by atoms with Gasteiger partial charge in [-0.1, -0.05) is 19.4 Å². The van der Waals surface area contributed by atoms with Crippen LogP contribution in [0.1, 0.15) is 33.6 Å². The van der Waals surface area contributed by atoms with Gasteiger partial charge in [-0.25, -0.2) is 0 Å². The number of unbranched alkanes of at least 4 members (excludes halogenated alkanes) is 1. The van der Waals surface area contributed by atoms with Gasteiger partial charge in [0.15, 0.2) is 0 Å². The Kier molecular flexibility index (Phi) is 5.48. The molecule has 0 spiro atoms. The Hall–Kier alpha value is -1.48. The number of fused-ring (bicyclic) bond motifs is 1. The van der Waals surface area contributed by atoms with Crippen molar-refractivity contribution < 1.29 is 4.74 Å². The average molecular weight is 274 g/mol. The first kappa shape index (κ1) is 14.9. The van der Waals surface area contributed by atoms with Crippen LogP contribution in [-0.4, -0.2) is 23.8 Å². The van der Waals surface area contributed by atoms with Gasteiger partial charge >= 0.3 is 0 Å². The number of hydrogen-bond donors (Lipinski definition) is 1. The number of aromatic nitrogens is 1. The zero-order chi connectivity index (χ0) is 14.4. The highest BCUT2D eigenvalue weighted by Gasteiger charge is 2.07. The molecule has 0 saturated carbocycles. The normalized spacial score (nSPS) is 11.4. The second-order valence-corrected chi connectivity index (χ2v) is 5.47. The highest BCUT2D eigenvalue weighted by molar-refractivity contribution is 5.86. The van der Waals surface area contributed by atoms with Crippen LogP contribution in [0.25, 0.3) is 10.9 Å². The van der Waals surface area contributed by atoms with Crippen LogP contribution in [0, 0.1) is 0 Å². The lowest BCUT2D eigenvalue weighted by atomic mass is 10.2. The molecule has 1 aromatic heterocycles. The van der Waals surface area contributed by atoms with Crippen LogP contribution in [0.5, 0.6) is 5.75 Å². The van der Waals surface area contributed by atoms with Crippen molar-refractivity contribution in [3.63, 3.8) is 0 Å². The lowest BCUT2D eigenvalue weighted by Crippen LogP contribution is -2.20. The van der Waals surface area contributed by atoms with E-state index < -0.39 is 0 Å². The van der Waals surface area contributed by atoms with Gasteiger partial charge in [-0.05, 0) is 45.0 Å². The lowest BCUT2D eigenvalue weighted by molar-refractivity contribution is 0.245. The maximum absolute atomic E-state index is 5.87. The Bertz CT molecular complexity index is 531. The second kappa shape index (κ2) is 7.34. The minimum atomic E-state index is 0.208. The van der Waals surface area contributed by atoms with Crippen molar-refractivity contribution in [2.45, 2.75) is 46.3 Å². The van der Waals surface area contributed by atoms with Gasteiger partial charge in [-0.15, -0.1) is 0 Å². The van der Waals surface area contributed by atoms with E-state index in [9.17, 15) is 0 Å². The molecule has 2 rings (SSSR count). The van der Waals surface area contributed by atoms with Crippen LogP contribution in [-0.2, 0) is 6.54 Å². The van der Waals surface area contributed by atoms with E-state index in [2.05, 4.69) is 55.1 Å². The minimum Gasteiger partial charge on any atom is -0.490 e. The van der Waals surface area contributed by atoms with Crippen molar-refractivity contribution in [3.05, 3.63) is 30.5 Å². The summed E-state index contributed by atoms with van der Waals surface area (Å²) in [5.41, 5.74) is 1.25. The first-order chi connectivity index (χ1) is 9.72. The second-order valence-electron chi connectivity index (χ2n) is 5.47. The summed E-state index contributed by atoms with van der Waals surface area (Å²) < 4.78 is 8.16. The molecule has 0 aliphatic heterocycles. The summed E-state index contributed by atoms with van der Waals surface area (Å²) in [6.45, 7) is 9.47. The van der Waals surface area contributed by atoms with Crippen LogP contribution in [0.3, 0.4) is 0 Å². The molecular weight excluding hydrogens is 248 g/mol. The molecule has 0 radical (unpaired) electrons. The van der Waals surface area contributed by atoms with Crippen LogP contribution >= 0.6 is 0 Å². The lowest BCUT2D eigenvalue weighted by Gasteiger charge is -2.11. The largest absolute Gasteiger partial charge is 0.490 e. The van der Waals surface area contributed by atoms with Gasteiger partial charge in [0.1, 0.15) is 5.75 Å². The summed E-state index contributed by atoms with van der Waals surface area (Å²) in [6.07, 6.45) is 4.85. The molecule has 20 heavy (non-hydrogen) atoms. The molecule has 0 aliphatic carbocycles. The van der Waals surface area contributed by atoms with Gasteiger partial charge in [0.05, 0.1) is 11.6 Å². The van der Waals surface area contributed by atoms with Crippen molar-refractivity contribution in [3.8, 4) is 5.75 Å².